The van der Waals surface area contributed by atoms with E-state index in [2.05, 4.69) is 20.8 Å². The average Bonchev–Trinajstić information content (AvgIpc) is 3.53. The Morgan fingerprint density at radius 3 is 2.54 bits per heavy atom. The van der Waals surface area contributed by atoms with Crippen molar-refractivity contribution in [3.8, 4) is 0 Å². The van der Waals surface area contributed by atoms with Crippen molar-refractivity contribution in [3.63, 3.8) is 0 Å². The van der Waals surface area contributed by atoms with Crippen LogP contribution < -0.4 is 0 Å². The van der Waals surface area contributed by atoms with Crippen LogP contribution in [0.15, 0.2) is 36.4 Å². The molecule has 2 saturated carbocycles. The molecule has 6 heteroatoms. The number of epoxide rings is 1. The highest BCUT2D eigenvalue weighted by atomic mass is 16.6. The van der Waals surface area contributed by atoms with Gasteiger partial charge in [-0.1, -0.05) is 50.6 Å². The lowest BCUT2D eigenvalue weighted by Crippen LogP contribution is -2.72. The summed E-state index contributed by atoms with van der Waals surface area (Å²) in [5.74, 6) is -0.233. The zero-order chi connectivity index (χ0) is 24.5. The number of ether oxygens (including phenoxy) is 4. The number of benzene rings is 1. The van der Waals surface area contributed by atoms with Gasteiger partial charge in [-0.15, -0.1) is 0 Å². The summed E-state index contributed by atoms with van der Waals surface area (Å²) in [5.41, 5.74) is -0.767. The first-order chi connectivity index (χ1) is 16.6. The lowest BCUT2D eigenvalue weighted by Gasteiger charge is -2.68. The molecular weight excluding hydrogens is 444 g/mol. The first-order valence-electron chi connectivity index (χ1n) is 13.1. The second-order valence-electron chi connectivity index (χ2n) is 12.2. The van der Waals surface area contributed by atoms with Crippen LogP contribution in [0.4, 0.5) is 0 Å². The van der Waals surface area contributed by atoms with Crippen LogP contribution in [0.5, 0.6) is 0 Å². The van der Waals surface area contributed by atoms with Gasteiger partial charge in [0.25, 0.3) is 0 Å². The van der Waals surface area contributed by atoms with Crippen molar-refractivity contribution in [1.29, 1.82) is 0 Å². The highest BCUT2D eigenvalue weighted by Gasteiger charge is 2.76. The van der Waals surface area contributed by atoms with Crippen LogP contribution in [0.2, 0.25) is 0 Å². The Morgan fingerprint density at radius 1 is 1.09 bits per heavy atom. The van der Waals surface area contributed by atoms with Gasteiger partial charge >= 0.3 is 11.9 Å². The Bertz CT molecular complexity index is 1060. The summed E-state index contributed by atoms with van der Waals surface area (Å²) < 4.78 is 24.8. The monoisotopic (exact) mass is 480 g/mol. The second-order valence-corrected chi connectivity index (χ2v) is 12.2. The minimum atomic E-state index is -0.566. The van der Waals surface area contributed by atoms with Crippen molar-refractivity contribution in [2.45, 2.75) is 88.6 Å². The molecule has 3 aliphatic heterocycles. The minimum absolute atomic E-state index is 0.110. The van der Waals surface area contributed by atoms with Gasteiger partial charge in [0.1, 0.15) is 23.9 Å². The lowest BCUT2D eigenvalue weighted by atomic mass is 9.41. The summed E-state index contributed by atoms with van der Waals surface area (Å²) in [6.07, 6.45) is 8.83. The Labute approximate surface area is 207 Å². The van der Waals surface area contributed by atoms with E-state index >= 15 is 0 Å². The zero-order valence-corrected chi connectivity index (χ0v) is 21.0. The quantitative estimate of drug-likeness (QED) is 0.350. The Morgan fingerprint density at radius 2 is 1.86 bits per heavy atom. The molecule has 5 fully saturated rings. The van der Waals surface area contributed by atoms with Crippen LogP contribution >= 0.6 is 0 Å². The van der Waals surface area contributed by atoms with Crippen LogP contribution in [0.3, 0.4) is 0 Å². The molecule has 35 heavy (non-hydrogen) atoms. The standard InChI is InChI=1S/C29H36O6/c1-25-14-15-28(17-24(31)32-18-28)35-26(25,2)16-22(27(3)21(25)10-7-13-29(27)19-33-29)34-23(30)12-11-20-8-5-4-6-9-20/h4-6,8-9,11-12,21-22H,7,10,13-19H2,1-3H3/b12-11+/t21-,22+,25-,26+,27+,28-,29+/m1/s1. The van der Waals surface area contributed by atoms with Crippen LogP contribution in [-0.4, -0.2) is 48.1 Å². The molecule has 1 aromatic rings. The van der Waals surface area contributed by atoms with Gasteiger partial charge in [-0.2, -0.15) is 0 Å². The first-order valence-corrected chi connectivity index (χ1v) is 13.1. The number of esters is 2. The highest BCUT2D eigenvalue weighted by Crippen LogP contribution is 2.72. The molecule has 6 rings (SSSR count). The Kier molecular flexibility index (Phi) is 5.08. The molecule has 0 amide bonds. The zero-order valence-electron chi connectivity index (χ0n) is 21.0. The second kappa shape index (κ2) is 7.66. The van der Waals surface area contributed by atoms with Crippen molar-refractivity contribution in [1.82, 2.24) is 0 Å². The predicted octanol–water partition coefficient (Wildman–Crippen LogP) is 4.85. The molecule has 5 aliphatic rings. The summed E-state index contributed by atoms with van der Waals surface area (Å²) >= 11 is 0. The van der Waals surface area contributed by atoms with Crippen molar-refractivity contribution < 1.29 is 28.5 Å². The van der Waals surface area contributed by atoms with Crippen molar-refractivity contribution in [2.75, 3.05) is 13.2 Å². The van der Waals surface area contributed by atoms with Gasteiger partial charge in [0.05, 0.1) is 18.6 Å². The van der Waals surface area contributed by atoms with E-state index in [9.17, 15) is 9.59 Å². The maximum absolute atomic E-state index is 13.1. The Balaban J connectivity index is 1.33. The van der Waals surface area contributed by atoms with Crippen molar-refractivity contribution >= 4 is 18.0 Å². The molecule has 0 radical (unpaired) electrons. The number of hydrogen-bond acceptors (Lipinski definition) is 6. The fourth-order valence-electron chi connectivity index (χ4n) is 8.18. The number of rotatable bonds is 3. The number of carbonyl (C=O) groups excluding carboxylic acids is 2. The van der Waals surface area contributed by atoms with E-state index in [0.29, 0.717) is 19.4 Å². The minimum Gasteiger partial charge on any atom is -0.463 e. The number of hydrogen-bond donors (Lipinski definition) is 0. The molecule has 2 aliphatic carbocycles. The van der Waals surface area contributed by atoms with E-state index in [1.54, 1.807) is 6.08 Å². The van der Waals surface area contributed by atoms with Gasteiger partial charge in [0.15, 0.2) is 0 Å². The van der Waals surface area contributed by atoms with Gasteiger partial charge < -0.3 is 18.9 Å². The first kappa shape index (κ1) is 23.2. The lowest BCUT2D eigenvalue weighted by molar-refractivity contribution is -0.317. The SMILES string of the molecule is C[C@@]12[C@@H](OC(=O)/C=C/c3ccccc3)C[C@]3(C)O[C@@]4(CC[C@]3(C)[C@H]1CCC[C@]21CO1)COC(=O)C4. The van der Waals surface area contributed by atoms with E-state index in [1.165, 1.54) is 6.08 Å². The normalized spacial score (nSPS) is 46.3. The maximum atomic E-state index is 13.1. The van der Waals surface area contributed by atoms with Gasteiger partial charge in [0.2, 0.25) is 0 Å². The molecule has 0 aromatic heterocycles. The van der Waals surface area contributed by atoms with Crippen LogP contribution in [0.1, 0.15) is 71.3 Å². The highest BCUT2D eigenvalue weighted by molar-refractivity contribution is 5.87. The molecule has 3 saturated heterocycles. The topological polar surface area (TPSA) is 74.4 Å². The molecule has 6 nitrogen and oxygen atoms in total. The largest absolute Gasteiger partial charge is 0.463 e. The third kappa shape index (κ3) is 3.36. The molecule has 1 aromatic carbocycles. The number of carbonyl (C=O) groups is 2. The van der Waals surface area contributed by atoms with Gasteiger partial charge in [-0.05, 0) is 50.2 Å². The summed E-state index contributed by atoms with van der Waals surface area (Å²) in [4.78, 5) is 25.2. The molecule has 3 heterocycles. The summed E-state index contributed by atoms with van der Waals surface area (Å²) in [5, 5.41) is 0. The molecular formula is C29H36O6. The fraction of sp³-hybridized carbons (Fsp3) is 0.655. The van der Waals surface area contributed by atoms with E-state index < -0.39 is 11.2 Å². The summed E-state index contributed by atoms with van der Waals surface area (Å²) in [6.45, 7) is 7.87. The van der Waals surface area contributed by atoms with E-state index in [4.69, 9.17) is 18.9 Å². The molecule has 0 bridgehead atoms. The van der Waals surface area contributed by atoms with E-state index in [-0.39, 0.29) is 40.4 Å². The number of fused-ring (bicyclic) bond motifs is 4. The van der Waals surface area contributed by atoms with Gasteiger partial charge in [0, 0.05) is 23.3 Å². The maximum Gasteiger partial charge on any atom is 0.331 e. The third-order valence-corrected chi connectivity index (χ3v) is 10.5. The van der Waals surface area contributed by atoms with Gasteiger partial charge in [-0.3, -0.25) is 4.79 Å². The van der Waals surface area contributed by atoms with Crippen molar-refractivity contribution in [2.24, 2.45) is 16.7 Å². The van der Waals surface area contributed by atoms with Crippen LogP contribution in [0.25, 0.3) is 6.08 Å². The van der Waals surface area contributed by atoms with Crippen molar-refractivity contribution in [3.05, 3.63) is 42.0 Å². The van der Waals surface area contributed by atoms with Crippen LogP contribution in [0, 0.1) is 16.7 Å². The van der Waals surface area contributed by atoms with Gasteiger partial charge in [-0.25, -0.2) is 4.79 Å². The fourth-order valence-corrected chi connectivity index (χ4v) is 8.18. The van der Waals surface area contributed by atoms with Crippen LogP contribution in [-0.2, 0) is 28.5 Å². The molecule has 0 unspecified atom stereocenters. The van der Waals surface area contributed by atoms with E-state index in [0.717, 1.165) is 44.3 Å². The average molecular weight is 481 g/mol. The molecule has 0 N–H and O–H groups in total. The third-order valence-electron chi connectivity index (χ3n) is 10.5. The molecule has 7 atom stereocenters. The summed E-state index contributed by atoms with van der Waals surface area (Å²) in [6, 6.07) is 9.77. The smallest absolute Gasteiger partial charge is 0.331 e. The molecule has 188 valence electrons. The Hall–Kier alpha value is -2.18. The number of cyclic esters (lactones) is 1. The molecule has 2 spiro atoms. The summed E-state index contributed by atoms with van der Waals surface area (Å²) in [7, 11) is 0. The van der Waals surface area contributed by atoms with E-state index in [1.807, 2.05) is 30.3 Å². The predicted molar refractivity (Wildman–Crippen MR) is 129 cm³/mol.